The summed E-state index contributed by atoms with van der Waals surface area (Å²) in [5, 5.41) is 20.6. The summed E-state index contributed by atoms with van der Waals surface area (Å²) in [6.07, 6.45) is -8.14. The van der Waals surface area contributed by atoms with Crippen LogP contribution in [0, 0.1) is 0 Å². The van der Waals surface area contributed by atoms with Crippen LogP contribution in [0.2, 0.25) is 0 Å². The van der Waals surface area contributed by atoms with Gasteiger partial charge in [-0.15, -0.1) is 0 Å². The van der Waals surface area contributed by atoms with Gasteiger partial charge in [0.25, 0.3) is 0 Å². The lowest BCUT2D eigenvalue weighted by molar-refractivity contribution is -0.274. The minimum atomic E-state index is -5.30. The van der Waals surface area contributed by atoms with Gasteiger partial charge in [0, 0.05) is 5.69 Å². The Morgan fingerprint density at radius 1 is 0.932 bits per heavy atom. The molecule has 1 saturated heterocycles. The van der Waals surface area contributed by atoms with Crippen LogP contribution in [0.25, 0.3) is 0 Å². The van der Waals surface area contributed by atoms with E-state index in [2.05, 4.69) is 0 Å². The normalized spacial score (nSPS) is 21.8. The Labute approximate surface area is 252 Å². The van der Waals surface area contributed by atoms with Gasteiger partial charge in [-0.2, -0.15) is 0 Å². The molecule has 0 unspecified atom stereocenters. The van der Waals surface area contributed by atoms with E-state index in [0.717, 1.165) is 5.56 Å². The monoisotopic (exact) mass is 632 g/mol. The average Bonchev–Trinajstić information content (AvgIpc) is 2.97. The van der Waals surface area contributed by atoms with E-state index in [9.17, 15) is 34.2 Å². The van der Waals surface area contributed by atoms with E-state index in [4.69, 9.17) is 34.9 Å². The van der Waals surface area contributed by atoms with Crippen molar-refractivity contribution in [3.63, 3.8) is 0 Å². The number of phosphoric acid groups is 1. The molecule has 15 heteroatoms. The molecule has 8 N–H and O–H groups in total. The van der Waals surface area contributed by atoms with Gasteiger partial charge < -0.3 is 50.4 Å². The maximum atomic E-state index is 13.1. The number of carbonyl (C=O) groups excluding carboxylic acids is 2. The number of phenols is 1. The lowest BCUT2D eigenvalue weighted by Crippen LogP contribution is -2.62. The van der Waals surface area contributed by atoms with Crippen molar-refractivity contribution in [2.75, 3.05) is 18.9 Å². The van der Waals surface area contributed by atoms with Crippen LogP contribution in [-0.4, -0.2) is 75.8 Å². The molecule has 3 aromatic rings. The molecule has 3 aromatic carbocycles. The van der Waals surface area contributed by atoms with E-state index in [0.29, 0.717) is 18.5 Å². The summed E-state index contributed by atoms with van der Waals surface area (Å²) in [5.74, 6) is -1.50. The Hall–Kier alpha value is -4.01. The number of benzene rings is 3. The van der Waals surface area contributed by atoms with Crippen LogP contribution >= 0.6 is 7.82 Å². The van der Waals surface area contributed by atoms with Crippen molar-refractivity contribution in [1.29, 1.82) is 0 Å². The zero-order valence-corrected chi connectivity index (χ0v) is 24.2. The molecule has 1 fully saturated rings. The molecule has 236 valence electrons. The number of nitrogens with two attached hydrogens (primary N) is 2. The summed E-state index contributed by atoms with van der Waals surface area (Å²) < 4.78 is 39.5. The zero-order valence-electron chi connectivity index (χ0n) is 23.3. The largest absolute Gasteiger partial charge is 0.508 e. The Balaban J connectivity index is 1.60. The fraction of sp³-hybridized carbons (Fsp3) is 0.310. The molecule has 1 aliphatic heterocycles. The van der Waals surface area contributed by atoms with Crippen LogP contribution in [0.15, 0.2) is 72.8 Å². The van der Waals surface area contributed by atoms with E-state index in [-0.39, 0.29) is 29.2 Å². The fourth-order valence-electron chi connectivity index (χ4n) is 4.44. The number of hydrogen-bond donors (Lipinski definition) is 6. The molecular weight excluding hydrogens is 599 g/mol. The lowest BCUT2D eigenvalue weighted by atomic mass is 9.98. The fourth-order valence-corrected chi connectivity index (χ4v) is 5.00. The van der Waals surface area contributed by atoms with Crippen LogP contribution < -0.4 is 16.2 Å². The first-order valence-corrected chi connectivity index (χ1v) is 15.0. The standard InChI is InChI=1S/C29H33N2O12P/c30-14-13-17-7-11-20(12-8-17)40-29-27(42-28(35)21-3-1-2-4-22(21)31)26(43-44(36,37)38)25(34)23(41-29)16-39-24(33)15-18-5-9-19(32)10-6-18/h1-12,23,25-27,29,32,34H,13-16,30-31H2,(H2,36,37,38)/t23-,25-,26+,27-,29-/m1/s1. The number of phenolic OH excluding ortho intramolecular Hbond substituents is 1. The van der Waals surface area contributed by atoms with Crippen molar-refractivity contribution >= 4 is 25.4 Å². The molecular formula is C29H33N2O12P. The molecule has 1 aliphatic rings. The van der Waals surface area contributed by atoms with Gasteiger partial charge in [0.15, 0.2) is 6.10 Å². The van der Waals surface area contributed by atoms with E-state index in [1.165, 1.54) is 42.5 Å². The number of aliphatic hydroxyl groups excluding tert-OH is 1. The van der Waals surface area contributed by atoms with E-state index >= 15 is 0 Å². The van der Waals surface area contributed by atoms with Crippen molar-refractivity contribution in [2.24, 2.45) is 5.73 Å². The predicted octanol–water partition coefficient (Wildman–Crippen LogP) is 1.43. The number of para-hydroxylation sites is 1. The van der Waals surface area contributed by atoms with Crippen molar-refractivity contribution in [1.82, 2.24) is 0 Å². The number of esters is 2. The number of phosphoric ester groups is 1. The molecule has 0 amide bonds. The number of nitrogen functional groups attached to an aromatic ring is 1. The third-order valence-electron chi connectivity index (χ3n) is 6.60. The smallest absolute Gasteiger partial charge is 0.470 e. The Kier molecular flexibility index (Phi) is 10.9. The van der Waals surface area contributed by atoms with Gasteiger partial charge in [-0.3, -0.25) is 9.32 Å². The third-order valence-corrected chi connectivity index (χ3v) is 7.12. The summed E-state index contributed by atoms with van der Waals surface area (Å²) in [4.78, 5) is 45.0. The van der Waals surface area contributed by atoms with Gasteiger partial charge in [-0.25, -0.2) is 9.36 Å². The van der Waals surface area contributed by atoms with E-state index in [1.807, 2.05) is 0 Å². The summed E-state index contributed by atoms with van der Waals surface area (Å²) >= 11 is 0. The Bertz CT molecular complexity index is 1460. The van der Waals surface area contributed by atoms with E-state index in [1.54, 1.807) is 30.3 Å². The number of anilines is 1. The lowest BCUT2D eigenvalue weighted by Gasteiger charge is -2.43. The molecule has 0 bridgehead atoms. The Morgan fingerprint density at radius 3 is 2.23 bits per heavy atom. The van der Waals surface area contributed by atoms with Crippen molar-refractivity contribution < 1.29 is 57.6 Å². The minimum Gasteiger partial charge on any atom is -0.508 e. The molecule has 0 spiro atoms. The maximum absolute atomic E-state index is 13.1. The van der Waals surface area contributed by atoms with Crippen LogP contribution in [0.5, 0.6) is 11.5 Å². The predicted molar refractivity (Wildman–Crippen MR) is 154 cm³/mol. The highest BCUT2D eigenvalue weighted by Gasteiger charge is 2.52. The SMILES string of the molecule is NCCc1ccc(O[C@@H]2O[C@H](COC(=O)Cc3ccc(O)cc3)[C@@H](O)[C@H](OP(=O)(O)O)[C@H]2OC(=O)c2ccccc2N)cc1. The molecule has 14 nitrogen and oxygen atoms in total. The zero-order chi connectivity index (χ0) is 31.9. The number of aliphatic hydroxyl groups is 1. The minimum absolute atomic E-state index is 0.0159. The summed E-state index contributed by atoms with van der Waals surface area (Å²) in [5.41, 5.74) is 13.0. The summed E-state index contributed by atoms with van der Waals surface area (Å²) in [7, 11) is -5.30. The number of carbonyl (C=O) groups is 2. The number of aromatic hydroxyl groups is 1. The van der Waals surface area contributed by atoms with Crippen molar-refractivity contribution in [3.05, 3.63) is 89.5 Å². The number of ether oxygens (including phenoxy) is 4. The van der Waals surface area contributed by atoms with Crippen LogP contribution in [-0.2, 0) is 40.9 Å². The van der Waals surface area contributed by atoms with Gasteiger partial charge in [0.1, 0.15) is 36.4 Å². The number of hydrogen-bond acceptors (Lipinski definition) is 12. The van der Waals surface area contributed by atoms with Crippen molar-refractivity contribution in [2.45, 2.75) is 43.5 Å². The molecule has 0 saturated carbocycles. The summed E-state index contributed by atoms with van der Waals surface area (Å²) in [6, 6.07) is 18.4. The molecule has 0 aromatic heterocycles. The van der Waals surface area contributed by atoms with E-state index < -0.39 is 57.1 Å². The third kappa shape index (κ3) is 9.00. The quantitative estimate of drug-likeness (QED) is 0.0943. The van der Waals surface area contributed by atoms with Crippen LogP contribution in [0.3, 0.4) is 0 Å². The van der Waals surface area contributed by atoms with Gasteiger partial charge in [-0.05, 0) is 60.5 Å². The highest BCUT2D eigenvalue weighted by Crippen LogP contribution is 2.42. The van der Waals surface area contributed by atoms with Crippen LogP contribution in [0.1, 0.15) is 21.5 Å². The highest BCUT2D eigenvalue weighted by molar-refractivity contribution is 7.46. The van der Waals surface area contributed by atoms with Crippen molar-refractivity contribution in [3.8, 4) is 11.5 Å². The molecule has 44 heavy (non-hydrogen) atoms. The van der Waals surface area contributed by atoms with Gasteiger partial charge >= 0.3 is 19.8 Å². The molecule has 0 aliphatic carbocycles. The summed E-state index contributed by atoms with van der Waals surface area (Å²) in [6.45, 7) is -0.167. The first kappa shape index (κ1) is 32.9. The second-order valence-electron chi connectivity index (χ2n) is 9.88. The van der Waals surface area contributed by atoms with Gasteiger partial charge in [0.2, 0.25) is 6.29 Å². The topological polar surface area (TPSA) is 230 Å². The molecule has 1 heterocycles. The first-order chi connectivity index (χ1) is 20.9. The second-order valence-corrected chi connectivity index (χ2v) is 11.1. The van der Waals surface area contributed by atoms with Crippen LogP contribution in [0.4, 0.5) is 5.69 Å². The van der Waals surface area contributed by atoms with Gasteiger partial charge in [-0.1, -0.05) is 36.4 Å². The first-order valence-electron chi connectivity index (χ1n) is 13.5. The molecule has 5 atom stereocenters. The van der Waals surface area contributed by atoms with Gasteiger partial charge in [0.05, 0.1) is 12.0 Å². The maximum Gasteiger partial charge on any atom is 0.470 e. The molecule has 0 radical (unpaired) electrons. The highest BCUT2D eigenvalue weighted by atomic mass is 31.2. The second kappa shape index (κ2) is 14.6. The molecule has 4 rings (SSSR count). The average molecular weight is 633 g/mol. The Morgan fingerprint density at radius 2 is 1.59 bits per heavy atom. The number of rotatable bonds is 12.